The zero-order valence-corrected chi connectivity index (χ0v) is 16.8. The maximum Gasteiger partial charge on any atom is 0.240 e. The molecule has 0 fully saturated rings. The van der Waals surface area contributed by atoms with Crippen LogP contribution in [-0.2, 0) is 21.2 Å². The minimum Gasteiger partial charge on any atom is -0.338 e. The summed E-state index contributed by atoms with van der Waals surface area (Å²) in [7, 11) is -4.08. The molecule has 158 valence electrons. The second-order valence-electron chi connectivity index (χ2n) is 6.40. The van der Waals surface area contributed by atoms with Crippen LogP contribution in [0.1, 0.15) is 18.9 Å². The second kappa shape index (κ2) is 9.14. The van der Waals surface area contributed by atoms with Crippen LogP contribution in [0.5, 0.6) is 0 Å². The Hall–Kier alpha value is -3.11. The zero-order chi connectivity index (χ0) is 21.7. The number of amides is 1. The third-order valence-electron chi connectivity index (χ3n) is 4.28. The summed E-state index contributed by atoms with van der Waals surface area (Å²) in [6, 6.07) is 11.5. The molecule has 3 aromatic rings. The largest absolute Gasteiger partial charge is 0.338 e. The number of hydrogen-bond acceptors (Lipinski definition) is 5. The van der Waals surface area contributed by atoms with Crippen LogP contribution in [-0.4, -0.2) is 26.0 Å². The van der Waals surface area contributed by atoms with Crippen molar-refractivity contribution in [3.8, 4) is 11.3 Å². The number of carbonyl (C=O) groups is 1. The standard InChI is InChI=1S/C20H19F2N3O4S/c1-2-13-3-5-14(6-4-13)18-12-20(29-25-18)24-19(26)9-10-23-30(27,28)15-7-8-16(21)17(22)11-15/h3-8,11-12,23H,2,9-10H2,1H3,(H,24,26). The molecule has 0 aliphatic carbocycles. The number of rotatable bonds is 8. The fraction of sp³-hybridized carbons (Fsp3) is 0.200. The van der Waals surface area contributed by atoms with Gasteiger partial charge in [0.1, 0.15) is 5.69 Å². The molecule has 0 aliphatic rings. The Labute approximate surface area is 172 Å². The Balaban J connectivity index is 1.53. The lowest BCUT2D eigenvalue weighted by molar-refractivity contribution is -0.116. The van der Waals surface area contributed by atoms with Gasteiger partial charge in [-0.15, -0.1) is 0 Å². The number of nitrogens with zero attached hydrogens (tertiary/aromatic N) is 1. The molecular weight excluding hydrogens is 416 g/mol. The quantitative estimate of drug-likeness (QED) is 0.564. The summed E-state index contributed by atoms with van der Waals surface area (Å²) in [5.41, 5.74) is 2.56. The highest BCUT2D eigenvalue weighted by Crippen LogP contribution is 2.22. The average Bonchev–Trinajstić information content (AvgIpc) is 3.18. The van der Waals surface area contributed by atoms with Gasteiger partial charge >= 0.3 is 0 Å². The zero-order valence-electron chi connectivity index (χ0n) is 16.0. The Morgan fingerprint density at radius 2 is 1.80 bits per heavy atom. The number of aromatic nitrogens is 1. The molecule has 1 amide bonds. The van der Waals surface area contributed by atoms with E-state index < -0.39 is 32.5 Å². The van der Waals surface area contributed by atoms with E-state index in [0.29, 0.717) is 17.8 Å². The minimum atomic E-state index is -4.08. The van der Waals surface area contributed by atoms with Crippen molar-refractivity contribution >= 4 is 21.8 Å². The van der Waals surface area contributed by atoms with Gasteiger partial charge in [0, 0.05) is 24.6 Å². The Kier molecular flexibility index (Phi) is 6.58. The van der Waals surface area contributed by atoms with E-state index in [1.807, 2.05) is 24.3 Å². The van der Waals surface area contributed by atoms with E-state index in [4.69, 9.17) is 4.52 Å². The van der Waals surface area contributed by atoms with Gasteiger partial charge in [-0.2, -0.15) is 0 Å². The lowest BCUT2D eigenvalue weighted by Gasteiger charge is -2.07. The van der Waals surface area contributed by atoms with Crippen molar-refractivity contribution in [2.24, 2.45) is 0 Å². The lowest BCUT2D eigenvalue weighted by atomic mass is 10.1. The summed E-state index contributed by atoms with van der Waals surface area (Å²) in [5.74, 6) is -2.81. The van der Waals surface area contributed by atoms with Crippen LogP contribution in [0.15, 0.2) is 57.9 Å². The highest BCUT2D eigenvalue weighted by Gasteiger charge is 2.17. The van der Waals surface area contributed by atoms with E-state index in [9.17, 15) is 22.0 Å². The van der Waals surface area contributed by atoms with Crippen LogP contribution in [0.3, 0.4) is 0 Å². The van der Waals surface area contributed by atoms with E-state index >= 15 is 0 Å². The number of aryl methyl sites for hydroxylation is 1. The molecule has 0 unspecified atom stereocenters. The number of benzene rings is 2. The van der Waals surface area contributed by atoms with Crippen molar-refractivity contribution < 1.29 is 26.5 Å². The number of nitrogens with one attached hydrogen (secondary N) is 2. The Morgan fingerprint density at radius 3 is 2.47 bits per heavy atom. The van der Waals surface area contributed by atoms with Gasteiger partial charge in [0.15, 0.2) is 11.6 Å². The van der Waals surface area contributed by atoms with Crippen LogP contribution in [0, 0.1) is 11.6 Å². The average molecular weight is 435 g/mol. The molecule has 0 saturated carbocycles. The van der Waals surface area contributed by atoms with Gasteiger partial charge in [-0.3, -0.25) is 10.1 Å². The van der Waals surface area contributed by atoms with Crippen LogP contribution in [0.25, 0.3) is 11.3 Å². The van der Waals surface area contributed by atoms with E-state index in [0.717, 1.165) is 18.1 Å². The maximum absolute atomic E-state index is 13.2. The molecule has 1 aromatic heterocycles. The normalized spacial score (nSPS) is 11.4. The van der Waals surface area contributed by atoms with E-state index in [2.05, 4.69) is 22.1 Å². The fourth-order valence-electron chi connectivity index (χ4n) is 2.61. The van der Waals surface area contributed by atoms with Crippen LogP contribution < -0.4 is 10.0 Å². The van der Waals surface area contributed by atoms with Gasteiger partial charge in [0.25, 0.3) is 0 Å². The summed E-state index contributed by atoms with van der Waals surface area (Å²) in [4.78, 5) is 11.6. The Bertz CT molecular complexity index is 1150. The highest BCUT2D eigenvalue weighted by molar-refractivity contribution is 7.89. The monoisotopic (exact) mass is 435 g/mol. The van der Waals surface area contributed by atoms with Crippen LogP contribution in [0.2, 0.25) is 0 Å². The third-order valence-corrected chi connectivity index (χ3v) is 5.73. The fourth-order valence-corrected chi connectivity index (χ4v) is 3.65. The third kappa shape index (κ3) is 5.28. The summed E-state index contributed by atoms with van der Waals surface area (Å²) >= 11 is 0. The molecular formula is C20H19F2N3O4S. The molecule has 0 spiro atoms. The number of carbonyl (C=O) groups excluding carboxylic acids is 1. The number of anilines is 1. The SMILES string of the molecule is CCc1ccc(-c2cc(NC(=O)CCNS(=O)(=O)c3ccc(F)c(F)c3)on2)cc1. The molecule has 7 nitrogen and oxygen atoms in total. The van der Waals surface area contributed by atoms with Crippen molar-refractivity contribution in [2.45, 2.75) is 24.7 Å². The molecule has 0 saturated heterocycles. The van der Waals surface area contributed by atoms with Crippen molar-refractivity contribution in [1.29, 1.82) is 0 Å². The second-order valence-corrected chi connectivity index (χ2v) is 8.17. The van der Waals surface area contributed by atoms with Crippen LogP contribution >= 0.6 is 0 Å². The summed E-state index contributed by atoms with van der Waals surface area (Å²) < 4.78 is 57.6. The topological polar surface area (TPSA) is 101 Å². The molecule has 1 heterocycles. The van der Waals surface area contributed by atoms with Gasteiger partial charge in [-0.05, 0) is 30.2 Å². The molecule has 10 heteroatoms. The predicted octanol–water partition coefficient (Wildman–Crippen LogP) is 3.49. The minimum absolute atomic E-state index is 0.123. The van der Waals surface area contributed by atoms with E-state index in [1.165, 1.54) is 5.56 Å². The van der Waals surface area contributed by atoms with Crippen LogP contribution in [0.4, 0.5) is 14.7 Å². The number of halogens is 2. The van der Waals surface area contributed by atoms with E-state index in [1.54, 1.807) is 6.07 Å². The lowest BCUT2D eigenvalue weighted by Crippen LogP contribution is -2.28. The highest BCUT2D eigenvalue weighted by atomic mass is 32.2. The smallest absolute Gasteiger partial charge is 0.240 e. The molecule has 0 bridgehead atoms. The summed E-state index contributed by atoms with van der Waals surface area (Å²) in [6.07, 6.45) is 0.713. The van der Waals surface area contributed by atoms with Crippen molar-refractivity contribution in [2.75, 3.05) is 11.9 Å². The Morgan fingerprint density at radius 1 is 1.07 bits per heavy atom. The van der Waals surface area contributed by atoms with Gasteiger partial charge in [0.2, 0.25) is 21.8 Å². The summed E-state index contributed by atoms with van der Waals surface area (Å²) in [6.45, 7) is 1.81. The molecule has 0 aliphatic heterocycles. The molecule has 0 radical (unpaired) electrons. The first-order valence-corrected chi connectivity index (χ1v) is 10.6. The van der Waals surface area contributed by atoms with Gasteiger partial charge in [0.05, 0.1) is 4.90 Å². The number of hydrogen-bond donors (Lipinski definition) is 2. The molecule has 3 rings (SSSR count). The first kappa shape index (κ1) is 21.6. The molecule has 2 aromatic carbocycles. The van der Waals surface area contributed by atoms with Crippen molar-refractivity contribution in [3.63, 3.8) is 0 Å². The van der Waals surface area contributed by atoms with E-state index in [-0.39, 0.29) is 18.8 Å². The first-order chi connectivity index (χ1) is 14.3. The predicted molar refractivity (Wildman–Crippen MR) is 106 cm³/mol. The van der Waals surface area contributed by atoms with Crippen molar-refractivity contribution in [1.82, 2.24) is 9.88 Å². The van der Waals surface area contributed by atoms with Crippen molar-refractivity contribution in [3.05, 3.63) is 65.7 Å². The molecule has 2 N–H and O–H groups in total. The van der Waals surface area contributed by atoms with Gasteiger partial charge in [-0.25, -0.2) is 21.9 Å². The van der Waals surface area contributed by atoms with Gasteiger partial charge in [-0.1, -0.05) is 36.3 Å². The number of sulfonamides is 1. The first-order valence-electron chi connectivity index (χ1n) is 9.09. The maximum atomic E-state index is 13.2. The summed E-state index contributed by atoms with van der Waals surface area (Å²) in [5, 5.41) is 6.39. The van der Waals surface area contributed by atoms with Gasteiger partial charge < -0.3 is 4.52 Å². The molecule has 0 atom stereocenters. The molecule has 30 heavy (non-hydrogen) atoms.